The van der Waals surface area contributed by atoms with Crippen LogP contribution < -0.4 is 5.32 Å². The van der Waals surface area contributed by atoms with Gasteiger partial charge in [0.2, 0.25) is 0 Å². The van der Waals surface area contributed by atoms with Crippen LogP contribution in [0.3, 0.4) is 0 Å². The Hall–Kier alpha value is -0.860. The van der Waals surface area contributed by atoms with Crippen LogP contribution in [0.5, 0.6) is 0 Å². The van der Waals surface area contributed by atoms with E-state index in [0.717, 1.165) is 18.5 Å². The largest absolute Gasteiger partial charge is 0.309 e. The third-order valence-corrected chi connectivity index (χ3v) is 4.88. The second-order valence-corrected chi connectivity index (χ2v) is 6.44. The first-order valence-electron chi connectivity index (χ1n) is 7.79. The summed E-state index contributed by atoms with van der Waals surface area (Å²) in [6.45, 7) is 8.34. The normalized spacial score (nSPS) is 32.0. The highest BCUT2D eigenvalue weighted by Gasteiger charge is 2.27. The van der Waals surface area contributed by atoms with Gasteiger partial charge in [-0.2, -0.15) is 0 Å². The van der Waals surface area contributed by atoms with E-state index in [4.69, 9.17) is 0 Å². The summed E-state index contributed by atoms with van der Waals surface area (Å²) < 4.78 is 0. The quantitative estimate of drug-likeness (QED) is 0.877. The van der Waals surface area contributed by atoms with Gasteiger partial charge in [0, 0.05) is 25.2 Å². The highest BCUT2D eigenvalue weighted by atomic mass is 15.2. The van der Waals surface area contributed by atoms with E-state index in [0.29, 0.717) is 6.04 Å². The van der Waals surface area contributed by atoms with Gasteiger partial charge in [-0.3, -0.25) is 4.90 Å². The number of nitrogens with one attached hydrogen (secondary N) is 1. The predicted molar refractivity (Wildman–Crippen MR) is 80.3 cm³/mol. The molecule has 1 N–H and O–H groups in total. The number of benzene rings is 1. The molecular formula is C17H26N2. The van der Waals surface area contributed by atoms with Crippen molar-refractivity contribution < 1.29 is 0 Å². The molecule has 19 heavy (non-hydrogen) atoms. The molecule has 0 saturated carbocycles. The van der Waals surface area contributed by atoms with E-state index in [-0.39, 0.29) is 0 Å². The fraction of sp³-hybridized carbons (Fsp3) is 0.647. The summed E-state index contributed by atoms with van der Waals surface area (Å²) in [7, 11) is 0. The lowest BCUT2D eigenvalue weighted by Crippen LogP contribution is -2.46. The molecule has 0 amide bonds. The molecule has 1 aromatic rings. The Labute approximate surface area is 117 Å². The van der Waals surface area contributed by atoms with Gasteiger partial charge in [-0.15, -0.1) is 0 Å². The van der Waals surface area contributed by atoms with Crippen molar-refractivity contribution in [2.24, 2.45) is 5.92 Å². The van der Waals surface area contributed by atoms with E-state index in [2.05, 4.69) is 48.3 Å². The highest BCUT2D eigenvalue weighted by molar-refractivity contribution is 5.32. The van der Waals surface area contributed by atoms with Gasteiger partial charge in [-0.1, -0.05) is 31.2 Å². The number of hydrogen-bond donors (Lipinski definition) is 1. The maximum absolute atomic E-state index is 3.72. The van der Waals surface area contributed by atoms with Crippen molar-refractivity contribution in [3.8, 4) is 0 Å². The van der Waals surface area contributed by atoms with Crippen LogP contribution in [0.4, 0.5) is 0 Å². The van der Waals surface area contributed by atoms with Crippen LogP contribution >= 0.6 is 0 Å². The second-order valence-electron chi connectivity index (χ2n) is 6.44. The summed E-state index contributed by atoms with van der Waals surface area (Å²) in [4.78, 5) is 2.69. The summed E-state index contributed by atoms with van der Waals surface area (Å²) >= 11 is 0. The fourth-order valence-electron chi connectivity index (χ4n) is 3.62. The van der Waals surface area contributed by atoms with Crippen LogP contribution in [0.2, 0.25) is 0 Å². The van der Waals surface area contributed by atoms with Crippen molar-refractivity contribution in [3.63, 3.8) is 0 Å². The lowest BCUT2D eigenvalue weighted by Gasteiger charge is -2.40. The van der Waals surface area contributed by atoms with Gasteiger partial charge in [-0.05, 0) is 49.8 Å². The molecule has 1 saturated heterocycles. The van der Waals surface area contributed by atoms with Crippen LogP contribution in [0, 0.1) is 5.92 Å². The van der Waals surface area contributed by atoms with Gasteiger partial charge in [0.15, 0.2) is 0 Å². The molecule has 104 valence electrons. The maximum atomic E-state index is 3.72. The standard InChI is InChI=1S/C17H26N2/c1-13-7-8-14(2)19(11-13)12-17-16-6-4-3-5-15(16)9-10-18-17/h3-6,13-14,17-18H,7-12H2,1-2H3. The van der Waals surface area contributed by atoms with E-state index in [9.17, 15) is 0 Å². The van der Waals surface area contributed by atoms with Crippen LogP contribution in [0.25, 0.3) is 0 Å². The maximum Gasteiger partial charge on any atom is 0.0452 e. The molecule has 0 bridgehead atoms. The Balaban J connectivity index is 1.73. The zero-order valence-corrected chi connectivity index (χ0v) is 12.2. The van der Waals surface area contributed by atoms with Crippen molar-refractivity contribution >= 4 is 0 Å². The first kappa shape index (κ1) is 13.1. The summed E-state index contributed by atoms with van der Waals surface area (Å²) in [5.41, 5.74) is 3.07. The molecule has 0 aromatic heterocycles. The number of rotatable bonds is 2. The highest BCUT2D eigenvalue weighted by Crippen LogP contribution is 2.27. The first-order valence-corrected chi connectivity index (χ1v) is 7.79. The van der Waals surface area contributed by atoms with Crippen LogP contribution in [0.1, 0.15) is 43.9 Å². The molecule has 1 aromatic carbocycles. The zero-order chi connectivity index (χ0) is 13.2. The Kier molecular flexibility index (Phi) is 3.90. The second kappa shape index (κ2) is 5.64. The molecule has 0 radical (unpaired) electrons. The van der Waals surface area contributed by atoms with Gasteiger partial charge in [0.25, 0.3) is 0 Å². The summed E-state index contributed by atoms with van der Waals surface area (Å²) in [5.74, 6) is 0.857. The van der Waals surface area contributed by atoms with Gasteiger partial charge in [0.05, 0.1) is 0 Å². The number of likely N-dealkylation sites (tertiary alicyclic amines) is 1. The van der Waals surface area contributed by atoms with Gasteiger partial charge in [0.1, 0.15) is 0 Å². The number of nitrogens with zero attached hydrogens (tertiary/aromatic N) is 1. The van der Waals surface area contributed by atoms with Crippen molar-refractivity contribution in [2.45, 2.75) is 45.2 Å². The van der Waals surface area contributed by atoms with E-state index < -0.39 is 0 Å². The van der Waals surface area contributed by atoms with Crippen LogP contribution in [-0.4, -0.2) is 30.6 Å². The molecule has 2 heterocycles. The van der Waals surface area contributed by atoms with E-state index in [1.54, 1.807) is 5.56 Å². The van der Waals surface area contributed by atoms with Gasteiger partial charge >= 0.3 is 0 Å². The fourth-order valence-corrected chi connectivity index (χ4v) is 3.62. The van der Waals surface area contributed by atoms with Crippen molar-refractivity contribution in [1.82, 2.24) is 10.2 Å². The lowest BCUT2D eigenvalue weighted by molar-refractivity contribution is 0.111. The van der Waals surface area contributed by atoms with E-state index in [1.807, 2.05) is 0 Å². The molecule has 2 nitrogen and oxygen atoms in total. The van der Waals surface area contributed by atoms with Crippen LogP contribution in [0.15, 0.2) is 24.3 Å². The Bertz CT molecular complexity index is 429. The molecule has 0 spiro atoms. The number of piperidine rings is 1. The average molecular weight is 258 g/mol. The summed E-state index contributed by atoms with van der Waals surface area (Å²) in [6, 6.07) is 10.2. The molecule has 3 rings (SSSR count). The third kappa shape index (κ3) is 2.85. The average Bonchev–Trinajstić information content (AvgIpc) is 2.43. The monoisotopic (exact) mass is 258 g/mol. The Morgan fingerprint density at radius 1 is 1.21 bits per heavy atom. The molecule has 3 atom stereocenters. The van der Waals surface area contributed by atoms with E-state index in [1.165, 1.54) is 37.9 Å². The molecule has 2 aliphatic heterocycles. The molecular weight excluding hydrogens is 232 g/mol. The van der Waals surface area contributed by atoms with Gasteiger partial charge in [-0.25, -0.2) is 0 Å². The third-order valence-electron chi connectivity index (χ3n) is 4.88. The SMILES string of the molecule is CC1CCC(C)N(CC2NCCc3ccccc32)C1. The lowest BCUT2D eigenvalue weighted by atomic mass is 9.91. The van der Waals surface area contributed by atoms with Crippen molar-refractivity contribution in [2.75, 3.05) is 19.6 Å². The molecule has 0 aliphatic carbocycles. The van der Waals surface area contributed by atoms with Gasteiger partial charge < -0.3 is 5.32 Å². The van der Waals surface area contributed by atoms with Crippen molar-refractivity contribution in [3.05, 3.63) is 35.4 Å². The van der Waals surface area contributed by atoms with E-state index >= 15 is 0 Å². The summed E-state index contributed by atoms with van der Waals surface area (Å²) in [6.07, 6.45) is 3.93. The molecule has 3 unspecified atom stereocenters. The zero-order valence-electron chi connectivity index (χ0n) is 12.2. The minimum absolute atomic E-state index is 0.526. The van der Waals surface area contributed by atoms with Crippen LogP contribution in [-0.2, 0) is 6.42 Å². The topological polar surface area (TPSA) is 15.3 Å². The molecule has 2 aliphatic rings. The number of fused-ring (bicyclic) bond motifs is 1. The minimum atomic E-state index is 0.526. The Morgan fingerprint density at radius 3 is 2.95 bits per heavy atom. The predicted octanol–water partition coefficient (Wildman–Crippen LogP) is 2.99. The minimum Gasteiger partial charge on any atom is -0.309 e. The van der Waals surface area contributed by atoms with Crippen molar-refractivity contribution in [1.29, 1.82) is 0 Å². The number of hydrogen-bond acceptors (Lipinski definition) is 2. The first-order chi connectivity index (χ1) is 9.24. The Morgan fingerprint density at radius 2 is 2.05 bits per heavy atom. The molecule has 1 fully saturated rings. The molecule has 2 heteroatoms. The summed E-state index contributed by atoms with van der Waals surface area (Å²) in [5, 5.41) is 3.72. The smallest absolute Gasteiger partial charge is 0.0452 e.